The van der Waals surface area contributed by atoms with Crippen LogP contribution in [0.3, 0.4) is 0 Å². The van der Waals surface area contributed by atoms with Crippen LogP contribution in [0.1, 0.15) is 37.9 Å². The van der Waals surface area contributed by atoms with Crippen LogP contribution in [-0.2, 0) is 14.3 Å². The number of benzene rings is 1. The number of aliphatic carboxylic acids is 1. The maximum absolute atomic E-state index is 12.4. The Hall–Kier alpha value is -1.88. The van der Waals surface area contributed by atoms with Crippen molar-refractivity contribution in [3.63, 3.8) is 0 Å². The number of ether oxygens (including phenoxy) is 1. The molecule has 0 aromatic heterocycles. The van der Waals surface area contributed by atoms with Crippen molar-refractivity contribution in [2.45, 2.75) is 38.3 Å². The second-order valence-electron chi connectivity index (χ2n) is 5.70. The summed E-state index contributed by atoms with van der Waals surface area (Å²) in [5.74, 6) is -1.15. The van der Waals surface area contributed by atoms with Crippen LogP contribution in [0, 0.1) is 5.41 Å². The van der Waals surface area contributed by atoms with Crippen molar-refractivity contribution in [3.05, 3.63) is 35.9 Å². The lowest BCUT2D eigenvalue weighted by atomic mass is 9.84. The van der Waals surface area contributed by atoms with Gasteiger partial charge in [0.15, 0.2) is 6.10 Å². The third-order valence-corrected chi connectivity index (χ3v) is 4.34. The van der Waals surface area contributed by atoms with Gasteiger partial charge in [-0.3, -0.25) is 9.59 Å². The van der Waals surface area contributed by atoms with Crippen molar-refractivity contribution in [1.82, 2.24) is 5.32 Å². The van der Waals surface area contributed by atoms with E-state index in [0.717, 1.165) is 12.0 Å². The SMILES string of the molecule is COC(C(=O)NC1CCCC1(C)C(=O)O)c1ccccc1. The lowest BCUT2D eigenvalue weighted by molar-refractivity contribution is -0.149. The zero-order valence-electron chi connectivity index (χ0n) is 12.3. The molecule has 1 aliphatic carbocycles. The van der Waals surface area contributed by atoms with E-state index in [-0.39, 0.29) is 11.9 Å². The van der Waals surface area contributed by atoms with Crippen molar-refractivity contribution >= 4 is 11.9 Å². The van der Waals surface area contributed by atoms with Gasteiger partial charge in [-0.1, -0.05) is 36.8 Å². The Kier molecular flexibility index (Phi) is 4.63. The molecule has 1 aliphatic rings. The van der Waals surface area contributed by atoms with Gasteiger partial charge in [-0.2, -0.15) is 0 Å². The van der Waals surface area contributed by atoms with E-state index in [0.29, 0.717) is 12.8 Å². The van der Waals surface area contributed by atoms with Crippen LogP contribution in [0.5, 0.6) is 0 Å². The summed E-state index contributed by atoms with van der Waals surface area (Å²) < 4.78 is 5.28. The number of hydrogen-bond acceptors (Lipinski definition) is 3. The van der Waals surface area contributed by atoms with E-state index in [2.05, 4.69) is 5.32 Å². The van der Waals surface area contributed by atoms with Gasteiger partial charge >= 0.3 is 5.97 Å². The molecule has 3 atom stereocenters. The fourth-order valence-electron chi connectivity index (χ4n) is 2.92. The Balaban J connectivity index is 2.11. The number of amides is 1. The fourth-order valence-corrected chi connectivity index (χ4v) is 2.92. The quantitative estimate of drug-likeness (QED) is 0.871. The molecule has 3 unspecified atom stereocenters. The molecule has 0 spiro atoms. The normalized spacial score (nSPS) is 26.3. The van der Waals surface area contributed by atoms with Crippen LogP contribution in [-0.4, -0.2) is 30.1 Å². The molecule has 0 aliphatic heterocycles. The number of hydrogen-bond donors (Lipinski definition) is 2. The lowest BCUT2D eigenvalue weighted by Crippen LogP contribution is -2.48. The predicted molar refractivity (Wildman–Crippen MR) is 77.7 cm³/mol. The van der Waals surface area contributed by atoms with Gasteiger partial charge in [-0.25, -0.2) is 0 Å². The molecule has 5 nitrogen and oxygen atoms in total. The molecule has 2 N–H and O–H groups in total. The average molecular weight is 291 g/mol. The maximum atomic E-state index is 12.4. The molecule has 2 rings (SSSR count). The molecule has 0 radical (unpaired) electrons. The number of carboxylic acids is 1. The molecule has 1 fully saturated rings. The highest BCUT2D eigenvalue weighted by atomic mass is 16.5. The van der Waals surface area contributed by atoms with Crippen LogP contribution in [0.4, 0.5) is 0 Å². The smallest absolute Gasteiger partial charge is 0.311 e. The topological polar surface area (TPSA) is 75.6 Å². The van der Waals surface area contributed by atoms with Crippen molar-refractivity contribution in [2.75, 3.05) is 7.11 Å². The molecule has 1 amide bonds. The van der Waals surface area contributed by atoms with Crippen molar-refractivity contribution < 1.29 is 19.4 Å². The lowest BCUT2D eigenvalue weighted by Gasteiger charge is -2.29. The first-order chi connectivity index (χ1) is 9.99. The molecule has 0 saturated heterocycles. The van der Waals surface area contributed by atoms with E-state index >= 15 is 0 Å². The fraction of sp³-hybridized carbons (Fsp3) is 0.500. The number of nitrogens with one attached hydrogen (secondary N) is 1. The second-order valence-corrected chi connectivity index (χ2v) is 5.70. The third kappa shape index (κ3) is 3.08. The summed E-state index contributed by atoms with van der Waals surface area (Å²) in [6.07, 6.45) is 1.34. The van der Waals surface area contributed by atoms with Crippen LogP contribution >= 0.6 is 0 Å². The minimum atomic E-state index is -0.898. The van der Waals surface area contributed by atoms with E-state index in [1.54, 1.807) is 6.92 Å². The van der Waals surface area contributed by atoms with Crippen molar-refractivity contribution in [1.29, 1.82) is 0 Å². The van der Waals surface area contributed by atoms with Crippen LogP contribution in [0.2, 0.25) is 0 Å². The van der Waals surface area contributed by atoms with E-state index < -0.39 is 17.5 Å². The predicted octanol–water partition coefficient (Wildman–Crippen LogP) is 2.13. The van der Waals surface area contributed by atoms with Crippen LogP contribution < -0.4 is 5.32 Å². The van der Waals surface area contributed by atoms with E-state index in [1.807, 2.05) is 30.3 Å². The minimum Gasteiger partial charge on any atom is -0.481 e. The molecule has 0 bridgehead atoms. The first kappa shape index (κ1) is 15.5. The van der Waals surface area contributed by atoms with E-state index in [9.17, 15) is 14.7 Å². The maximum Gasteiger partial charge on any atom is 0.311 e. The molecular weight excluding hydrogens is 270 g/mol. The molecule has 1 aromatic rings. The second kappa shape index (κ2) is 6.26. The minimum absolute atomic E-state index is 0.289. The van der Waals surface area contributed by atoms with Crippen molar-refractivity contribution in [3.8, 4) is 0 Å². The summed E-state index contributed by atoms with van der Waals surface area (Å²) in [4.78, 5) is 23.9. The number of carbonyl (C=O) groups is 2. The summed E-state index contributed by atoms with van der Waals surface area (Å²) >= 11 is 0. The summed E-state index contributed by atoms with van der Waals surface area (Å²) in [5, 5.41) is 12.2. The van der Waals surface area contributed by atoms with Gasteiger partial charge in [0.1, 0.15) is 0 Å². The zero-order valence-corrected chi connectivity index (χ0v) is 12.3. The van der Waals surface area contributed by atoms with Crippen LogP contribution in [0.25, 0.3) is 0 Å². The first-order valence-electron chi connectivity index (χ1n) is 7.10. The Morgan fingerprint density at radius 3 is 2.62 bits per heavy atom. The van der Waals surface area contributed by atoms with E-state index in [1.165, 1.54) is 7.11 Å². The Morgan fingerprint density at radius 2 is 2.05 bits per heavy atom. The summed E-state index contributed by atoms with van der Waals surface area (Å²) in [7, 11) is 1.47. The molecule has 114 valence electrons. The highest BCUT2D eigenvalue weighted by Gasteiger charge is 2.46. The number of carbonyl (C=O) groups excluding carboxylic acids is 1. The van der Waals surface area contributed by atoms with E-state index in [4.69, 9.17) is 4.74 Å². The van der Waals surface area contributed by atoms with Gasteiger partial charge in [-0.05, 0) is 25.3 Å². The van der Waals surface area contributed by atoms with Gasteiger partial charge in [0.2, 0.25) is 0 Å². The molecule has 1 saturated carbocycles. The summed E-state index contributed by atoms with van der Waals surface area (Å²) in [6, 6.07) is 8.82. The number of carboxylic acid groups (broad SMARTS) is 1. The van der Waals surface area contributed by atoms with Crippen molar-refractivity contribution in [2.24, 2.45) is 5.41 Å². The third-order valence-electron chi connectivity index (χ3n) is 4.34. The van der Waals surface area contributed by atoms with Gasteiger partial charge in [0.05, 0.1) is 5.41 Å². The molecule has 5 heteroatoms. The summed E-state index contributed by atoms with van der Waals surface area (Å²) in [6.45, 7) is 1.69. The van der Waals surface area contributed by atoms with Gasteiger partial charge < -0.3 is 15.2 Å². The standard InChI is InChI=1S/C16H21NO4/c1-16(15(19)20)10-6-9-12(16)17-14(18)13(21-2)11-7-4-3-5-8-11/h3-5,7-8,12-13H,6,9-10H2,1-2H3,(H,17,18)(H,19,20). The molecule has 0 heterocycles. The highest BCUT2D eigenvalue weighted by Crippen LogP contribution is 2.38. The van der Waals surface area contributed by atoms with Gasteiger partial charge in [0.25, 0.3) is 5.91 Å². The number of rotatable bonds is 5. The molecule has 1 aromatic carbocycles. The monoisotopic (exact) mass is 291 g/mol. The first-order valence-corrected chi connectivity index (χ1v) is 7.10. The molecular formula is C16H21NO4. The highest BCUT2D eigenvalue weighted by molar-refractivity contribution is 5.84. The Bertz CT molecular complexity index is 516. The largest absolute Gasteiger partial charge is 0.481 e. The molecule has 21 heavy (non-hydrogen) atoms. The van der Waals surface area contributed by atoms with Crippen LogP contribution in [0.15, 0.2) is 30.3 Å². The average Bonchev–Trinajstić information content (AvgIpc) is 2.83. The Morgan fingerprint density at radius 1 is 1.38 bits per heavy atom. The van der Waals surface area contributed by atoms with Gasteiger partial charge in [0, 0.05) is 13.2 Å². The Labute approximate surface area is 124 Å². The number of methoxy groups -OCH3 is 1. The summed E-state index contributed by atoms with van der Waals surface area (Å²) in [5.41, 5.74) is -0.141. The zero-order chi connectivity index (χ0) is 15.5. The van der Waals surface area contributed by atoms with Gasteiger partial charge in [-0.15, -0.1) is 0 Å².